The molecule has 3 aromatic rings. The van der Waals surface area contributed by atoms with Crippen molar-refractivity contribution in [2.75, 3.05) is 18.4 Å². The van der Waals surface area contributed by atoms with E-state index in [1.807, 2.05) is 13.0 Å². The van der Waals surface area contributed by atoms with Gasteiger partial charge in [0.1, 0.15) is 11.6 Å². The van der Waals surface area contributed by atoms with E-state index >= 15 is 0 Å². The lowest BCUT2D eigenvalue weighted by atomic mass is 9.93. The first kappa shape index (κ1) is 21.5. The van der Waals surface area contributed by atoms with Crippen molar-refractivity contribution in [2.45, 2.75) is 25.9 Å². The summed E-state index contributed by atoms with van der Waals surface area (Å²) in [4.78, 5) is 33.4. The Morgan fingerprint density at radius 2 is 2.13 bits per heavy atom. The van der Waals surface area contributed by atoms with Crippen LogP contribution >= 0.6 is 23.2 Å². The van der Waals surface area contributed by atoms with Crippen molar-refractivity contribution in [1.29, 1.82) is 0 Å². The molecule has 1 unspecified atom stereocenters. The molecule has 31 heavy (non-hydrogen) atoms. The number of halogens is 3. The Hall–Kier alpha value is -2.68. The lowest BCUT2D eigenvalue weighted by Gasteiger charge is -2.36. The van der Waals surface area contributed by atoms with Crippen LogP contribution in [-0.2, 0) is 17.8 Å². The van der Waals surface area contributed by atoms with Crippen LogP contribution in [0, 0.1) is 5.82 Å². The van der Waals surface area contributed by atoms with E-state index in [4.69, 9.17) is 28.9 Å². The molecule has 1 amide bonds. The summed E-state index contributed by atoms with van der Waals surface area (Å²) in [6.07, 6.45) is 0.630. The number of benzene rings is 2. The van der Waals surface area contributed by atoms with Gasteiger partial charge in [0.05, 0.1) is 35.7 Å². The van der Waals surface area contributed by atoms with E-state index in [-0.39, 0.29) is 36.1 Å². The molecular weight excluding hydrogens is 444 g/mol. The van der Waals surface area contributed by atoms with E-state index in [0.29, 0.717) is 34.4 Å². The van der Waals surface area contributed by atoms with E-state index in [0.717, 1.165) is 17.2 Å². The minimum atomic E-state index is -0.650. The topological polar surface area (TPSA) is 104 Å². The van der Waals surface area contributed by atoms with Crippen molar-refractivity contribution in [3.05, 3.63) is 67.4 Å². The average Bonchev–Trinajstić information content (AvgIpc) is 2.72. The molecule has 7 nitrogen and oxygen atoms in total. The highest BCUT2D eigenvalue weighted by Gasteiger charge is 2.29. The zero-order chi connectivity index (χ0) is 22.3. The van der Waals surface area contributed by atoms with Crippen LogP contribution in [0.5, 0.6) is 0 Å². The maximum atomic E-state index is 14.5. The number of nitrogens with two attached hydrogens (primary N) is 1. The molecule has 2 aromatic carbocycles. The molecule has 4 N–H and O–H groups in total. The zero-order valence-corrected chi connectivity index (χ0v) is 18.1. The van der Waals surface area contributed by atoms with Gasteiger partial charge in [0, 0.05) is 16.6 Å². The number of amides is 1. The van der Waals surface area contributed by atoms with E-state index in [1.54, 1.807) is 11.0 Å². The van der Waals surface area contributed by atoms with Crippen molar-refractivity contribution in [3.63, 3.8) is 0 Å². The van der Waals surface area contributed by atoms with Gasteiger partial charge >= 0.3 is 0 Å². The Bertz CT molecular complexity index is 1250. The fourth-order valence-electron chi connectivity index (χ4n) is 3.96. The molecular formula is C21H20Cl2FN5O2. The molecule has 0 spiro atoms. The van der Waals surface area contributed by atoms with Gasteiger partial charge in [0.15, 0.2) is 0 Å². The number of anilines is 1. The zero-order valence-electron chi connectivity index (χ0n) is 16.6. The van der Waals surface area contributed by atoms with Crippen LogP contribution in [0.15, 0.2) is 29.1 Å². The minimum absolute atomic E-state index is 0.0475. The number of H-pyrrole nitrogens is 1. The second-order valence-corrected chi connectivity index (χ2v) is 8.24. The molecule has 10 heteroatoms. The molecule has 0 aliphatic carbocycles. The number of aromatic amines is 1. The molecule has 162 valence electrons. The van der Waals surface area contributed by atoms with Crippen molar-refractivity contribution in [2.24, 2.45) is 5.73 Å². The van der Waals surface area contributed by atoms with Gasteiger partial charge in [-0.1, -0.05) is 23.2 Å². The molecule has 1 atom stereocenters. The Kier molecular flexibility index (Phi) is 5.88. The highest BCUT2D eigenvalue weighted by molar-refractivity contribution is 6.35. The lowest BCUT2D eigenvalue weighted by Crippen LogP contribution is -2.42. The van der Waals surface area contributed by atoms with Crippen LogP contribution in [0.2, 0.25) is 10.0 Å². The van der Waals surface area contributed by atoms with Crippen molar-refractivity contribution in [1.82, 2.24) is 14.9 Å². The number of nitrogens with one attached hydrogen (secondary N) is 2. The van der Waals surface area contributed by atoms with Crippen LogP contribution in [-0.4, -0.2) is 33.9 Å². The summed E-state index contributed by atoms with van der Waals surface area (Å²) >= 11 is 12.5. The number of aromatic nitrogens is 2. The Morgan fingerprint density at radius 3 is 2.87 bits per heavy atom. The largest absolute Gasteiger partial charge is 0.374 e. The third kappa shape index (κ3) is 4.11. The van der Waals surface area contributed by atoms with Gasteiger partial charge in [0.2, 0.25) is 5.91 Å². The monoisotopic (exact) mass is 463 g/mol. The van der Waals surface area contributed by atoms with Crippen LogP contribution < -0.4 is 16.6 Å². The highest BCUT2D eigenvalue weighted by Crippen LogP contribution is 2.37. The molecule has 1 aliphatic heterocycles. The first-order valence-corrected chi connectivity index (χ1v) is 10.5. The SMILES string of the molecule is CC1c2c(Cl)cc(Cl)cc2CCN1C(=O)CNc1cc2nc(CN)[nH]c(=O)c2cc1F. The van der Waals surface area contributed by atoms with Gasteiger partial charge in [-0.2, -0.15) is 0 Å². The third-order valence-electron chi connectivity index (χ3n) is 5.47. The van der Waals surface area contributed by atoms with Gasteiger partial charge in [-0.15, -0.1) is 0 Å². The molecule has 1 aromatic heterocycles. The summed E-state index contributed by atoms with van der Waals surface area (Å²) < 4.78 is 14.5. The second kappa shape index (κ2) is 8.45. The normalized spacial score (nSPS) is 15.8. The minimum Gasteiger partial charge on any atom is -0.374 e. The first-order chi connectivity index (χ1) is 14.8. The molecule has 0 fully saturated rings. The molecule has 0 bridgehead atoms. The molecule has 0 saturated heterocycles. The Labute approximate surface area is 187 Å². The quantitative estimate of drug-likeness (QED) is 0.549. The Balaban J connectivity index is 1.54. The van der Waals surface area contributed by atoms with E-state index < -0.39 is 11.4 Å². The van der Waals surface area contributed by atoms with Crippen molar-refractivity contribution in [3.8, 4) is 0 Å². The number of hydrogen-bond donors (Lipinski definition) is 3. The summed E-state index contributed by atoms with van der Waals surface area (Å²) in [5, 5.41) is 4.02. The van der Waals surface area contributed by atoms with E-state index in [9.17, 15) is 14.0 Å². The standard InChI is InChI=1S/C21H20Cl2FN5O2/c1-10-20-11(4-12(22)5-14(20)23)2-3-29(10)19(30)9-26-17-7-16-13(6-15(17)24)21(31)28-18(8-25)27-16/h4-7,10,26H,2-3,8-9,25H2,1H3,(H,27,28,31). The number of carbonyl (C=O) groups is 1. The molecule has 1 aliphatic rings. The predicted molar refractivity (Wildman–Crippen MR) is 119 cm³/mol. The van der Waals surface area contributed by atoms with Gasteiger partial charge in [-0.3, -0.25) is 9.59 Å². The first-order valence-electron chi connectivity index (χ1n) is 9.72. The second-order valence-electron chi connectivity index (χ2n) is 7.39. The summed E-state index contributed by atoms with van der Waals surface area (Å²) in [5.41, 5.74) is 7.34. The molecule has 4 rings (SSSR count). The number of nitrogens with zero attached hydrogens (tertiary/aromatic N) is 2. The number of carbonyl (C=O) groups excluding carboxylic acids is 1. The fourth-order valence-corrected chi connectivity index (χ4v) is 4.65. The van der Waals surface area contributed by atoms with Crippen LogP contribution in [0.4, 0.5) is 10.1 Å². The summed E-state index contributed by atoms with van der Waals surface area (Å²) in [7, 11) is 0. The number of rotatable bonds is 4. The van der Waals surface area contributed by atoms with Gasteiger partial charge in [-0.05, 0) is 48.7 Å². The highest BCUT2D eigenvalue weighted by atomic mass is 35.5. The van der Waals surface area contributed by atoms with Crippen LogP contribution in [0.3, 0.4) is 0 Å². The number of fused-ring (bicyclic) bond motifs is 2. The van der Waals surface area contributed by atoms with E-state index in [2.05, 4.69) is 15.3 Å². The third-order valence-corrected chi connectivity index (χ3v) is 6.01. The molecule has 0 radical (unpaired) electrons. The number of hydrogen-bond acceptors (Lipinski definition) is 5. The van der Waals surface area contributed by atoms with Gasteiger partial charge in [0.25, 0.3) is 5.56 Å². The van der Waals surface area contributed by atoms with Crippen LogP contribution in [0.1, 0.15) is 29.9 Å². The maximum absolute atomic E-state index is 14.5. The van der Waals surface area contributed by atoms with Crippen LogP contribution in [0.25, 0.3) is 10.9 Å². The predicted octanol–water partition coefficient (Wildman–Crippen LogP) is 3.39. The van der Waals surface area contributed by atoms with Gasteiger partial charge in [-0.25, -0.2) is 9.37 Å². The van der Waals surface area contributed by atoms with Crippen molar-refractivity contribution >= 4 is 45.7 Å². The summed E-state index contributed by atoms with van der Waals surface area (Å²) in [5.74, 6) is -0.558. The van der Waals surface area contributed by atoms with Gasteiger partial charge < -0.3 is 20.9 Å². The maximum Gasteiger partial charge on any atom is 0.258 e. The lowest BCUT2D eigenvalue weighted by molar-refractivity contribution is -0.131. The summed E-state index contributed by atoms with van der Waals surface area (Å²) in [6.45, 7) is 2.32. The summed E-state index contributed by atoms with van der Waals surface area (Å²) in [6, 6.07) is 5.79. The smallest absolute Gasteiger partial charge is 0.258 e. The van der Waals surface area contributed by atoms with E-state index in [1.165, 1.54) is 6.07 Å². The molecule has 0 saturated carbocycles. The molecule has 2 heterocycles. The fraction of sp³-hybridized carbons (Fsp3) is 0.286. The average molecular weight is 464 g/mol. The van der Waals surface area contributed by atoms with Crippen molar-refractivity contribution < 1.29 is 9.18 Å². The Morgan fingerprint density at radius 1 is 1.35 bits per heavy atom.